The van der Waals surface area contributed by atoms with Crippen molar-refractivity contribution >= 4 is 23.7 Å². The number of ether oxygens (including phenoxy) is 4. The quantitative estimate of drug-likeness (QED) is 0.485. The number of oxazole rings is 2. The Morgan fingerprint density at radius 3 is 1.71 bits per heavy atom. The first-order valence-corrected chi connectivity index (χ1v) is 10.0. The fourth-order valence-electron chi connectivity index (χ4n) is 3.23. The van der Waals surface area contributed by atoms with Crippen LogP contribution in [0.15, 0.2) is 49.5 Å². The Bertz CT molecular complexity index is 1210. The third-order valence-corrected chi connectivity index (χ3v) is 4.89. The van der Waals surface area contributed by atoms with Crippen molar-refractivity contribution in [3.8, 4) is 0 Å². The molecule has 5 heterocycles. The maximum Gasteiger partial charge on any atom is 0.360 e. The molecular weight excluding hydrogens is 450 g/mol. The van der Waals surface area contributed by atoms with Crippen molar-refractivity contribution in [1.82, 2.24) is 15.0 Å². The van der Waals surface area contributed by atoms with Crippen LogP contribution in [0.1, 0.15) is 56.2 Å². The van der Waals surface area contributed by atoms with Crippen LogP contribution in [0.5, 0.6) is 0 Å². The van der Waals surface area contributed by atoms with Crippen molar-refractivity contribution in [3.63, 3.8) is 0 Å². The van der Waals surface area contributed by atoms with Crippen molar-refractivity contribution in [2.75, 3.05) is 27.4 Å². The number of carbonyl (C=O) groups excluding carboxylic acids is 2. The van der Waals surface area contributed by atoms with E-state index >= 15 is 0 Å². The molecule has 34 heavy (non-hydrogen) atoms. The first-order valence-electron chi connectivity index (χ1n) is 10.0. The first kappa shape index (κ1) is 21.3. The zero-order valence-corrected chi connectivity index (χ0v) is 18.0. The van der Waals surface area contributed by atoms with Crippen LogP contribution in [0.3, 0.4) is 0 Å². The highest BCUT2D eigenvalue weighted by Gasteiger charge is 2.30. The van der Waals surface area contributed by atoms with Crippen LogP contribution in [0.4, 0.5) is 0 Å². The molecule has 3 aromatic rings. The molecule has 2 unspecified atom stereocenters. The average Bonchev–Trinajstić information content (AvgIpc) is 3.68. The summed E-state index contributed by atoms with van der Waals surface area (Å²) in [6.07, 6.45) is 2.42. The van der Waals surface area contributed by atoms with Crippen molar-refractivity contribution in [2.24, 2.45) is 9.98 Å². The van der Waals surface area contributed by atoms with E-state index in [0.29, 0.717) is 11.4 Å². The molecule has 0 aromatic carbocycles. The van der Waals surface area contributed by atoms with Gasteiger partial charge in [-0.05, 0) is 12.1 Å². The van der Waals surface area contributed by atoms with Gasteiger partial charge in [0, 0.05) is 0 Å². The maximum absolute atomic E-state index is 11.6. The van der Waals surface area contributed by atoms with Gasteiger partial charge in [0.1, 0.15) is 37.1 Å². The fraction of sp³-hybridized carbons (Fsp3) is 0.286. The summed E-state index contributed by atoms with van der Waals surface area (Å²) in [4.78, 5) is 44.8. The van der Waals surface area contributed by atoms with Crippen LogP contribution in [-0.2, 0) is 18.9 Å². The summed E-state index contributed by atoms with van der Waals surface area (Å²) >= 11 is 0. The van der Waals surface area contributed by atoms with Crippen molar-refractivity contribution < 1.29 is 37.4 Å². The molecule has 2 aliphatic rings. The summed E-state index contributed by atoms with van der Waals surface area (Å²) in [5.74, 6) is -0.167. The zero-order valence-electron chi connectivity index (χ0n) is 18.0. The minimum absolute atomic E-state index is 0.0528. The summed E-state index contributed by atoms with van der Waals surface area (Å²) in [6.45, 7) is 0.350. The number of carbonyl (C=O) groups is 2. The summed E-state index contributed by atoms with van der Waals surface area (Å²) in [5.41, 5.74) is 1.02. The van der Waals surface area contributed by atoms with Gasteiger partial charge in [0.15, 0.2) is 23.5 Å². The van der Waals surface area contributed by atoms with Crippen molar-refractivity contribution in [2.45, 2.75) is 12.1 Å². The van der Waals surface area contributed by atoms with Gasteiger partial charge >= 0.3 is 11.9 Å². The van der Waals surface area contributed by atoms with Crippen LogP contribution in [0, 0.1) is 0 Å². The fourth-order valence-corrected chi connectivity index (χ4v) is 3.23. The third-order valence-electron chi connectivity index (χ3n) is 4.89. The predicted octanol–water partition coefficient (Wildman–Crippen LogP) is 1.67. The van der Waals surface area contributed by atoms with Crippen LogP contribution >= 0.6 is 0 Å². The number of esters is 2. The number of aromatic nitrogens is 3. The number of nitrogens with zero attached hydrogens (tertiary/aromatic N) is 5. The lowest BCUT2D eigenvalue weighted by molar-refractivity contribution is 0.0585. The number of rotatable bonds is 6. The molecule has 0 radical (unpaired) electrons. The smallest absolute Gasteiger partial charge is 0.360 e. The second-order valence-corrected chi connectivity index (χ2v) is 7.06. The van der Waals surface area contributed by atoms with E-state index < -0.39 is 24.0 Å². The van der Waals surface area contributed by atoms with Gasteiger partial charge in [-0.3, -0.25) is 0 Å². The summed E-state index contributed by atoms with van der Waals surface area (Å²) in [7, 11) is 2.52. The Morgan fingerprint density at radius 2 is 1.26 bits per heavy atom. The van der Waals surface area contributed by atoms with E-state index in [1.165, 1.54) is 26.7 Å². The molecule has 0 bridgehead atoms. The Hall–Kier alpha value is -4.55. The third kappa shape index (κ3) is 3.98. The predicted molar refractivity (Wildman–Crippen MR) is 110 cm³/mol. The van der Waals surface area contributed by atoms with E-state index in [9.17, 15) is 9.59 Å². The molecule has 5 rings (SSSR count). The van der Waals surface area contributed by atoms with Crippen molar-refractivity contribution in [3.05, 3.63) is 65.3 Å². The number of hydrogen-bond donors (Lipinski definition) is 0. The van der Waals surface area contributed by atoms with Gasteiger partial charge in [-0.25, -0.2) is 34.5 Å². The molecule has 0 saturated carbocycles. The first-order chi connectivity index (χ1) is 16.6. The molecule has 13 heteroatoms. The second-order valence-electron chi connectivity index (χ2n) is 7.06. The molecule has 2 atom stereocenters. The van der Waals surface area contributed by atoms with Gasteiger partial charge in [0.05, 0.1) is 14.2 Å². The van der Waals surface area contributed by atoms with Crippen LogP contribution in [-0.4, -0.2) is 66.1 Å². The second kappa shape index (κ2) is 8.77. The lowest BCUT2D eigenvalue weighted by atomic mass is 10.3. The lowest BCUT2D eigenvalue weighted by Gasteiger charge is -2.04. The van der Waals surface area contributed by atoms with Gasteiger partial charge in [-0.2, -0.15) is 0 Å². The lowest BCUT2D eigenvalue weighted by Crippen LogP contribution is -2.10. The normalized spacial score (nSPS) is 19.1. The Morgan fingerprint density at radius 1 is 0.794 bits per heavy atom. The summed E-state index contributed by atoms with van der Waals surface area (Å²) < 4.78 is 31.3. The largest absolute Gasteiger partial charge is 0.474 e. The zero-order chi connectivity index (χ0) is 23.7. The molecule has 174 valence electrons. The topological polar surface area (TPSA) is 161 Å². The minimum atomic E-state index is -0.602. The van der Waals surface area contributed by atoms with Gasteiger partial charge in [0.25, 0.3) is 0 Å². The van der Waals surface area contributed by atoms with Crippen LogP contribution in [0.2, 0.25) is 0 Å². The van der Waals surface area contributed by atoms with E-state index in [0.717, 1.165) is 0 Å². The Balaban J connectivity index is 1.33. The molecule has 0 saturated heterocycles. The average molecular weight is 467 g/mol. The SMILES string of the molecule is COC(=O)c1coc(C2COC(c3cccc(C4=NC(c5nc(C(=O)OC)co5)CO4)n3)=N2)n1. The molecule has 0 N–H and O–H groups in total. The molecule has 3 aromatic heterocycles. The summed E-state index contributed by atoms with van der Waals surface area (Å²) in [5, 5.41) is 0. The van der Waals surface area contributed by atoms with Gasteiger partial charge in [0.2, 0.25) is 23.6 Å². The highest BCUT2D eigenvalue weighted by Crippen LogP contribution is 2.26. The molecule has 13 nitrogen and oxygen atoms in total. The van der Waals surface area contributed by atoms with Crippen LogP contribution in [0.25, 0.3) is 0 Å². The van der Waals surface area contributed by atoms with Gasteiger partial charge in [-0.1, -0.05) is 6.07 Å². The number of pyridine rings is 1. The number of methoxy groups -OCH3 is 2. The standard InChI is InChI=1S/C21H17N5O8/c1-29-20(27)14-8-33-18(25-14)12-6-31-16(23-12)10-4-3-5-11(22-10)17-24-13(7-32-17)19-26-15(9-34-19)21(28)30-2/h3-5,8-9,12-13H,6-7H2,1-2H3. The Kier molecular flexibility index (Phi) is 5.49. The molecule has 0 amide bonds. The van der Waals surface area contributed by atoms with E-state index in [1.54, 1.807) is 18.2 Å². The maximum atomic E-state index is 11.6. The molecule has 0 spiro atoms. The number of aliphatic imine (C=N–C) groups is 2. The minimum Gasteiger partial charge on any atom is -0.474 e. The van der Waals surface area contributed by atoms with Crippen molar-refractivity contribution in [1.29, 1.82) is 0 Å². The molecule has 0 aliphatic carbocycles. The molecular formula is C21H17N5O8. The van der Waals surface area contributed by atoms with E-state index in [2.05, 4.69) is 34.4 Å². The molecule has 2 aliphatic heterocycles. The highest BCUT2D eigenvalue weighted by molar-refractivity contribution is 5.97. The van der Waals surface area contributed by atoms with E-state index in [4.69, 9.17) is 18.3 Å². The number of hydrogen-bond acceptors (Lipinski definition) is 13. The molecule has 0 fully saturated rings. The summed E-state index contributed by atoms with van der Waals surface area (Å²) in [6, 6.07) is 4.15. The highest BCUT2D eigenvalue weighted by atomic mass is 16.5. The van der Waals surface area contributed by atoms with Gasteiger partial charge < -0.3 is 27.8 Å². The van der Waals surface area contributed by atoms with Crippen LogP contribution < -0.4 is 0 Å². The Labute approximate surface area is 191 Å². The van der Waals surface area contributed by atoms with E-state index in [1.807, 2.05) is 0 Å². The monoisotopic (exact) mass is 467 g/mol. The van der Waals surface area contributed by atoms with E-state index in [-0.39, 0.29) is 48.2 Å². The van der Waals surface area contributed by atoms with Gasteiger partial charge in [-0.15, -0.1) is 0 Å².